The SMILES string of the molecule is CN(c1nc2c(s1)CCC2C(=O)O)C1CC1. The number of carboxylic acid groups (broad SMARTS) is 1. The fourth-order valence-electron chi connectivity index (χ4n) is 2.22. The first-order chi connectivity index (χ1) is 7.66. The van der Waals surface area contributed by atoms with E-state index in [-0.39, 0.29) is 5.92 Å². The largest absolute Gasteiger partial charge is 0.481 e. The minimum absolute atomic E-state index is 0.368. The third-order valence-electron chi connectivity index (χ3n) is 3.40. The van der Waals surface area contributed by atoms with Crippen LogP contribution in [0.1, 0.15) is 35.8 Å². The van der Waals surface area contributed by atoms with E-state index in [1.54, 1.807) is 11.3 Å². The lowest BCUT2D eigenvalue weighted by Crippen LogP contribution is -2.19. The standard InChI is InChI=1S/C11H14N2O2S/c1-13(6-2-3-6)11-12-9-7(10(14)15)4-5-8(9)16-11/h6-7H,2-5H2,1H3,(H,14,15). The summed E-state index contributed by atoms with van der Waals surface area (Å²) in [5, 5.41) is 10.1. The molecule has 1 heterocycles. The molecule has 16 heavy (non-hydrogen) atoms. The summed E-state index contributed by atoms with van der Waals surface area (Å²) < 4.78 is 0. The van der Waals surface area contributed by atoms with Crippen LogP contribution in [-0.4, -0.2) is 29.1 Å². The molecule has 1 aromatic rings. The van der Waals surface area contributed by atoms with Gasteiger partial charge in [-0.05, 0) is 25.7 Å². The van der Waals surface area contributed by atoms with Crippen molar-refractivity contribution >= 4 is 22.4 Å². The number of carbonyl (C=O) groups is 1. The topological polar surface area (TPSA) is 53.4 Å². The Kier molecular flexibility index (Phi) is 2.17. The Bertz CT molecular complexity index is 439. The molecule has 0 aromatic carbocycles. The van der Waals surface area contributed by atoms with Crippen LogP contribution in [0.2, 0.25) is 0 Å². The van der Waals surface area contributed by atoms with Gasteiger partial charge in [0.25, 0.3) is 0 Å². The molecule has 0 amide bonds. The number of fused-ring (bicyclic) bond motifs is 1. The minimum Gasteiger partial charge on any atom is -0.481 e. The first-order valence-electron chi connectivity index (χ1n) is 5.62. The molecule has 2 aliphatic rings. The summed E-state index contributed by atoms with van der Waals surface area (Å²) >= 11 is 1.67. The van der Waals surface area contributed by atoms with Crippen LogP contribution in [0.15, 0.2) is 0 Å². The molecular weight excluding hydrogens is 224 g/mol. The van der Waals surface area contributed by atoms with Gasteiger partial charge in [-0.15, -0.1) is 11.3 Å². The number of carboxylic acids is 1. The molecule has 0 radical (unpaired) electrons. The van der Waals surface area contributed by atoms with E-state index < -0.39 is 5.97 Å². The summed E-state index contributed by atoms with van der Waals surface area (Å²) in [6, 6.07) is 0.634. The Labute approximate surface area is 97.9 Å². The quantitative estimate of drug-likeness (QED) is 0.873. The van der Waals surface area contributed by atoms with Crippen molar-refractivity contribution in [3.63, 3.8) is 0 Å². The number of hydrogen-bond donors (Lipinski definition) is 1. The van der Waals surface area contributed by atoms with E-state index in [9.17, 15) is 4.79 Å². The van der Waals surface area contributed by atoms with Crippen molar-refractivity contribution in [3.8, 4) is 0 Å². The highest BCUT2D eigenvalue weighted by Crippen LogP contribution is 2.41. The summed E-state index contributed by atoms with van der Waals surface area (Å²) in [4.78, 5) is 18.9. The number of thiazole rings is 1. The van der Waals surface area contributed by atoms with Crippen LogP contribution in [0.25, 0.3) is 0 Å². The Hall–Kier alpha value is -1.10. The highest BCUT2D eigenvalue weighted by Gasteiger charge is 2.35. The molecule has 2 aliphatic carbocycles. The lowest BCUT2D eigenvalue weighted by molar-refractivity contribution is -0.138. The molecule has 1 atom stereocenters. The molecule has 86 valence electrons. The van der Waals surface area contributed by atoms with Gasteiger partial charge in [-0.25, -0.2) is 4.98 Å². The molecule has 3 rings (SSSR count). The van der Waals surface area contributed by atoms with Gasteiger partial charge in [0.15, 0.2) is 5.13 Å². The van der Waals surface area contributed by atoms with E-state index in [0.29, 0.717) is 6.04 Å². The van der Waals surface area contributed by atoms with E-state index in [1.165, 1.54) is 17.7 Å². The normalized spacial score (nSPS) is 23.2. The zero-order chi connectivity index (χ0) is 11.3. The van der Waals surface area contributed by atoms with Crippen molar-refractivity contribution in [2.45, 2.75) is 37.6 Å². The second kappa shape index (κ2) is 3.45. The predicted octanol–water partition coefficient (Wildman–Crippen LogP) is 1.86. The molecule has 1 aromatic heterocycles. The van der Waals surface area contributed by atoms with Gasteiger partial charge in [0.2, 0.25) is 0 Å². The molecule has 0 aliphatic heterocycles. The van der Waals surface area contributed by atoms with Gasteiger partial charge in [-0.3, -0.25) is 4.79 Å². The predicted molar refractivity (Wildman–Crippen MR) is 62.2 cm³/mol. The number of aromatic nitrogens is 1. The van der Waals surface area contributed by atoms with Gasteiger partial charge < -0.3 is 10.0 Å². The molecule has 1 unspecified atom stereocenters. The number of hydrogen-bond acceptors (Lipinski definition) is 4. The number of anilines is 1. The van der Waals surface area contributed by atoms with Gasteiger partial charge >= 0.3 is 5.97 Å². The van der Waals surface area contributed by atoms with Crippen LogP contribution >= 0.6 is 11.3 Å². The van der Waals surface area contributed by atoms with Crippen molar-refractivity contribution in [1.82, 2.24) is 4.98 Å². The van der Waals surface area contributed by atoms with Gasteiger partial charge in [0, 0.05) is 18.0 Å². The third-order valence-corrected chi connectivity index (χ3v) is 4.62. The zero-order valence-electron chi connectivity index (χ0n) is 9.14. The second-order valence-electron chi connectivity index (χ2n) is 4.58. The summed E-state index contributed by atoms with van der Waals surface area (Å²) in [5.74, 6) is -1.10. The average molecular weight is 238 g/mol. The van der Waals surface area contributed by atoms with Gasteiger partial charge in [0.05, 0.1) is 5.69 Å². The second-order valence-corrected chi connectivity index (χ2v) is 5.64. The molecule has 1 N–H and O–H groups in total. The Morgan fingerprint density at radius 2 is 2.25 bits per heavy atom. The summed E-state index contributed by atoms with van der Waals surface area (Å²) in [7, 11) is 2.06. The van der Waals surface area contributed by atoms with Gasteiger partial charge in [-0.2, -0.15) is 0 Å². The summed E-state index contributed by atoms with van der Waals surface area (Å²) in [6.07, 6.45) is 4.08. The van der Waals surface area contributed by atoms with Crippen LogP contribution in [0.3, 0.4) is 0 Å². The molecular formula is C11H14N2O2S. The molecule has 0 spiro atoms. The zero-order valence-corrected chi connectivity index (χ0v) is 9.96. The Balaban J connectivity index is 1.89. The van der Waals surface area contributed by atoms with Crippen molar-refractivity contribution in [1.29, 1.82) is 0 Å². The van der Waals surface area contributed by atoms with E-state index >= 15 is 0 Å². The fourth-order valence-corrected chi connectivity index (χ4v) is 3.39. The number of aryl methyl sites for hydroxylation is 1. The van der Waals surface area contributed by atoms with E-state index in [0.717, 1.165) is 23.7 Å². The number of nitrogens with zero attached hydrogens (tertiary/aromatic N) is 2. The molecule has 1 fully saturated rings. The molecule has 4 nitrogen and oxygen atoms in total. The molecule has 1 saturated carbocycles. The van der Waals surface area contributed by atoms with Crippen LogP contribution in [-0.2, 0) is 11.2 Å². The number of rotatable bonds is 3. The monoisotopic (exact) mass is 238 g/mol. The molecule has 0 bridgehead atoms. The van der Waals surface area contributed by atoms with E-state index in [4.69, 9.17) is 5.11 Å². The van der Waals surface area contributed by atoms with Gasteiger partial charge in [-0.1, -0.05) is 0 Å². The maximum absolute atomic E-state index is 11.0. The highest BCUT2D eigenvalue weighted by molar-refractivity contribution is 7.15. The third kappa shape index (κ3) is 1.50. The Morgan fingerprint density at radius 1 is 1.50 bits per heavy atom. The first-order valence-corrected chi connectivity index (χ1v) is 6.43. The smallest absolute Gasteiger partial charge is 0.312 e. The summed E-state index contributed by atoms with van der Waals surface area (Å²) in [5.41, 5.74) is 0.819. The van der Waals surface area contributed by atoms with Crippen molar-refractivity contribution < 1.29 is 9.90 Å². The van der Waals surface area contributed by atoms with Crippen LogP contribution in [0, 0.1) is 0 Å². The fraction of sp³-hybridized carbons (Fsp3) is 0.636. The first kappa shape index (κ1) is 10.1. The van der Waals surface area contributed by atoms with Crippen LogP contribution < -0.4 is 4.90 Å². The molecule has 5 heteroatoms. The lowest BCUT2D eigenvalue weighted by atomic mass is 10.1. The maximum atomic E-state index is 11.0. The van der Waals surface area contributed by atoms with Crippen LogP contribution in [0.4, 0.5) is 5.13 Å². The molecule has 0 saturated heterocycles. The van der Waals surface area contributed by atoms with E-state index in [1.807, 2.05) is 0 Å². The lowest BCUT2D eigenvalue weighted by Gasteiger charge is -2.14. The Morgan fingerprint density at radius 3 is 2.88 bits per heavy atom. The van der Waals surface area contributed by atoms with Crippen molar-refractivity contribution in [2.24, 2.45) is 0 Å². The van der Waals surface area contributed by atoms with Gasteiger partial charge in [0.1, 0.15) is 5.92 Å². The van der Waals surface area contributed by atoms with Crippen LogP contribution in [0.5, 0.6) is 0 Å². The van der Waals surface area contributed by atoms with E-state index in [2.05, 4.69) is 16.9 Å². The van der Waals surface area contributed by atoms with Crippen molar-refractivity contribution in [2.75, 3.05) is 11.9 Å². The minimum atomic E-state index is -0.732. The maximum Gasteiger partial charge on any atom is 0.312 e. The highest BCUT2D eigenvalue weighted by atomic mass is 32.1. The summed E-state index contributed by atoms with van der Waals surface area (Å²) in [6.45, 7) is 0. The number of aliphatic carboxylic acids is 1. The van der Waals surface area contributed by atoms with Crippen molar-refractivity contribution in [3.05, 3.63) is 10.6 Å². The average Bonchev–Trinajstić information content (AvgIpc) is 2.87.